The lowest BCUT2D eigenvalue weighted by Gasteiger charge is -2.35. The Labute approximate surface area is 165 Å². The van der Waals surface area contributed by atoms with E-state index in [0.29, 0.717) is 30.3 Å². The van der Waals surface area contributed by atoms with Gasteiger partial charge >= 0.3 is 0 Å². The van der Waals surface area contributed by atoms with Crippen molar-refractivity contribution in [3.8, 4) is 0 Å². The molecule has 2 aromatic carbocycles. The fourth-order valence-corrected chi connectivity index (χ4v) is 3.49. The molecule has 3 rings (SSSR count). The van der Waals surface area contributed by atoms with E-state index in [1.165, 1.54) is 5.56 Å². The van der Waals surface area contributed by atoms with Gasteiger partial charge in [0.25, 0.3) is 5.91 Å². The minimum Gasteiger partial charge on any atom is -0.379 e. The Morgan fingerprint density at radius 3 is 2.44 bits per heavy atom. The number of morpholine rings is 1. The zero-order valence-corrected chi connectivity index (χ0v) is 16.6. The molecule has 0 aliphatic carbocycles. The quantitative estimate of drug-likeness (QED) is 0.826. The topological polar surface area (TPSA) is 44.8 Å². The van der Waals surface area contributed by atoms with E-state index in [-0.39, 0.29) is 11.9 Å². The van der Waals surface area contributed by atoms with E-state index in [0.717, 1.165) is 18.8 Å². The maximum atomic E-state index is 12.6. The molecule has 0 aromatic heterocycles. The first-order valence-corrected chi connectivity index (χ1v) is 9.56. The summed E-state index contributed by atoms with van der Waals surface area (Å²) in [6, 6.07) is 15.7. The molecule has 0 spiro atoms. The third kappa shape index (κ3) is 5.01. The van der Waals surface area contributed by atoms with Gasteiger partial charge in [0.1, 0.15) is 0 Å². The minimum absolute atomic E-state index is 0.0940. The van der Waals surface area contributed by atoms with Crippen molar-refractivity contribution in [2.75, 3.05) is 51.8 Å². The second-order valence-electron chi connectivity index (χ2n) is 6.84. The van der Waals surface area contributed by atoms with Crippen molar-refractivity contribution in [1.82, 2.24) is 10.2 Å². The Balaban J connectivity index is 1.75. The summed E-state index contributed by atoms with van der Waals surface area (Å²) in [7, 11) is 4.05. The molecule has 0 unspecified atom stereocenters. The van der Waals surface area contributed by atoms with E-state index in [2.05, 4.69) is 39.4 Å². The van der Waals surface area contributed by atoms with Gasteiger partial charge in [0.05, 0.1) is 29.8 Å². The molecule has 1 amide bonds. The molecule has 0 bridgehead atoms. The number of amides is 1. The number of nitrogens with zero attached hydrogens (tertiary/aromatic N) is 2. The number of carbonyl (C=O) groups excluding carboxylic acids is 1. The van der Waals surface area contributed by atoms with E-state index >= 15 is 0 Å². The average molecular weight is 388 g/mol. The van der Waals surface area contributed by atoms with Gasteiger partial charge in [-0.3, -0.25) is 9.69 Å². The van der Waals surface area contributed by atoms with Crippen LogP contribution in [0.3, 0.4) is 0 Å². The van der Waals surface area contributed by atoms with Gasteiger partial charge in [0.2, 0.25) is 0 Å². The fraction of sp³-hybridized carbons (Fsp3) is 0.381. The van der Waals surface area contributed by atoms with Crippen LogP contribution in [-0.4, -0.2) is 57.8 Å². The van der Waals surface area contributed by atoms with Gasteiger partial charge in [-0.2, -0.15) is 0 Å². The maximum absolute atomic E-state index is 12.6. The van der Waals surface area contributed by atoms with Crippen LogP contribution in [0.2, 0.25) is 5.02 Å². The summed E-state index contributed by atoms with van der Waals surface area (Å²) in [6.07, 6.45) is 0. The molecule has 1 heterocycles. The van der Waals surface area contributed by atoms with Crippen LogP contribution >= 0.6 is 11.6 Å². The maximum Gasteiger partial charge on any atom is 0.252 e. The largest absolute Gasteiger partial charge is 0.379 e. The number of rotatable bonds is 6. The zero-order chi connectivity index (χ0) is 19.2. The van der Waals surface area contributed by atoms with Crippen molar-refractivity contribution in [3.63, 3.8) is 0 Å². The van der Waals surface area contributed by atoms with E-state index < -0.39 is 0 Å². The first kappa shape index (κ1) is 19.7. The lowest BCUT2D eigenvalue weighted by molar-refractivity contribution is 0.0162. The highest BCUT2D eigenvalue weighted by atomic mass is 35.5. The van der Waals surface area contributed by atoms with Gasteiger partial charge in [0.15, 0.2) is 0 Å². The van der Waals surface area contributed by atoms with Crippen LogP contribution in [0.25, 0.3) is 0 Å². The predicted octanol–water partition coefficient (Wildman–Crippen LogP) is 3.21. The molecular weight excluding hydrogens is 362 g/mol. The molecule has 1 aliphatic rings. The fourth-order valence-electron chi connectivity index (χ4n) is 3.27. The molecule has 144 valence electrons. The number of hydrogen-bond donors (Lipinski definition) is 1. The van der Waals surface area contributed by atoms with Crippen molar-refractivity contribution in [3.05, 3.63) is 64.7 Å². The number of benzene rings is 2. The molecule has 27 heavy (non-hydrogen) atoms. The van der Waals surface area contributed by atoms with Crippen LogP contribution in [0.4, 0.5) is 5.69 Å². The summed E-state index contributed by atoms with van der Waals surface area (Å²) in [6.45, 7) is 3.64. The van der Waals surface area contributed by atoms with E-state index in [1.54, 1.807) is 12.1 Å². The third-order valence-corrected chi connectivity index (χ3v) is 5.18. The van der Waals surface area contributed by atoms with Crippen LogP contribution in [-0.2, 0) is 4.74 Å². The number of nitrogens with one attached hydrogen (secondary N) is 1. The van der Waals surface area contributed by atoms with Crippen molar-refractivity contribution < 1.29 is 9.53 Å². The molecule has 1 atom stereocenters. The summed E-state index contributed by atoms with van der Waals surface area (Å²) in [5.74, 6) is -0.149. The van der Waals surface area contributed by atoms with Crippen molar-refractivity contribution in [2.24, 2.45) is 0 Å². The number of ether oxygens (including phenoxy) is 1. The van der Waals surface area contributed by atoms with Gasteiger partial charge in [-0.25, -0.2) is 0 Å². The van der Waals surface area contributed by atoms with Gasteiger partial charge in [-0.15, -0.1) is 0 Å². The highest BCUT2D eigenvalue weighted by molar-refractivity contribution is 6.33. The van der Waals surface area contributed by atoms with Crippen molar-refractivity contribution in [2.45, 2.75) is 6.04 Å². The Morgan fingerprint density at radius 1 is 1.15 bits per heavy atom. The van der Waals surface area contributed by atoms with Crippen molar-refractivity contribution in [1.29, 1.82) is 0 Å². The van der Waals surface area contributed by atoms with Crippen LogP contribution in [0.1, 0.15) is 22.0 Å². The lowest BCUT2D eigenvalue weighted by Crippen LogP contribution is -2.43. The second kappa shape index (κ2) is 9.22. The molecule has 1 N–H and O–H groups in total. The Bertz CT molecular complexity index is 758. The molecular formula is C21H26ClN3O2. The normalized spacial score (nSPS) is 16.0. The van der Waals surface area contributed by atoms with E-state index in [1.807, 2.05) is 26.2 Å². The van der Waals surface area contributed by atoms with Gasteiger partial charge < -0.3 is 15.0 Å². The zero-order valence-electron chi connectivity index (χ0n) is 15.8. The number of anilines is 1. The standard InChI is InChI=1S/C21H26ClN3O2/c1-24(2)17-9-7-16(8-10-17)20(25-11-13-27-14-12-25)15-23-21(26)18-5-3-4-6-19(18)22/h3-10,20H,11-15H2,1-2H3,(H,23,26)/t20-/m0/s1. The average Bonchev–Trinajstić information content (AvgIpc) is 2.69. The highest BCUT2D eigenvalue weighted by Gasteiger charge is 2.23. The number of carbonyl (C=O) groups is 1. The summed E-state index contributed by atoms with van der Waals surface area (Å²) in [4.78, 5) is 17.0. The molecule has 0 radical (unpaired) electrons. The molecule has 2 aromatic rings. The van der Waals surface area contributed by atoms with E-state index in [9.17, 15) is 4.79 Å². The van der Waals surface area contributed by atoms with Gasteiger partial charge in [-0.1, -0.05) is 35.9 Å². The lowest BCUT2D eigenvalue weighted by atomic mass is 10.0. The molecule has 1 fully saturated rings. The molecule has 0 saturated carbocycles. The first-order valence-electron chi connectivity index (χ1n) is 9.18. The van der Waals surface area contributed by atoms with Crippen LogP contribution in [0.15, 0.2) is 48.5 Å². The third-order valence-electron chi connectivity index (χ3n) is 4.86. The monoisotopic (exact) mass is 387 g/mol. The Kier molecular flexibility index (Phi) is 6.72. The second-order valence-corrected chi connectivity index (χ2v) is 7.25. The van der Waals surface area contributed by atoms with Gasteiger partial charge in [-0.05, 0) is 29.8 Å². The Morgan fingerprint density at radius 2 is 1.81 bits per heavy atom. The van der Waals surface area contributed by atoms with Gasteiger partial charge in [0, 0.05) is 39.4 Å². The summed E-state index contributed by atoms with van der Waals surface area (Å²) in [5, 5.41) is 3.52. The molecule has 1 saturated heterocycles. The number of halogens is 1. The summed E-state index contributed by atoms with van der Waals surface area (Å²) in [5.41, 5.74) is 2.84. The van der Waals surface area contributed by atoms with Crippen molar-refractivity contribution >= 4 is 23.2 Å². The highest BCUT2D eigenvalue weighted by Crippen LogP contribution is 2.24. The minimum atomic E-state index is -0.149. The van der Waals surface area contributed by atoms with Crippen LogP contribution in [0.5, 0.6) is 0 Å². The number of hydrogen-bond acceptors (Lipinski definition) is 4. The van der Waals surface area contributed by atoms with E-state index in [4.69, 9.17) is 16.3 Å². The molecule has 1 aliphatic heterocycles. The SMILES string of the molecule is CN(C)c1ccc([C@H](CNC(=O)c2ccccc2Cl)N2CCOCC2)cc1. The van der Waals surface area contributed by atoms with Crippen LogP contribution in [0, 0.1) is 0 Å². The molecule has 5 nitrogen and oxygen atoms in total. The molecule has 6 heteroatoms. The Hall–Kier alpha value is -2.08. The van der Waals surface area contributed by atoms with Crippen LogP contribution < -0.4 is 10.2 Å². The smallest absolute Gasteiger partial charge is 0.252 e. The summed E-state index contributed by atoms with van der Waals surface area (Å²) >= 11 is 6.15. The predicted molar refractivity (Wildman–Crippen MR) is 110 cm³/mol. The first-order chi connectivity index (χ1) is 13.1. The summed E-state index contributed by atoms with van der Waals surface area (Å²) < 4.78 is 5.49.